The highest BCUT2D eigenvalue weighted by Gasteiger charge is 2.41. The maximum Gasteiger partial charge on any atom is 0.237 e. The van der Waals surface area contributed by atoms with E-state index >= 15 is 0 Å². The summed E-state index contributed by atoms with van der Waals surface area (Å²) >= 11 is 0. The van der Waals surface area contributed by atoms with Gasteiger partial charge in [-0.3, -0.25) is 4.79 Å². The highest BCUT2D eigenvalue weighted by atomic mass is 16.2. The Labute approximate surface area is 111 Å². The molecule has 0 spiro atoms. The fourth-order valence-corrected chi connectivity index (χ4v) is 3.73. The molecule has 1 aliphatic carbocycles. The Morgan fingerprint density at radius 2 is 2.11 bits per heavy atom. The van der Waals surface area contributed by atoms with Gasteiger partial charge in [-0.05, 0) is 45.1 Å². The largest absolute Gasteiger partial charge is 0.336 e. The van der Waals surface area contributed by atoms with E-state index in [-0.39, 0.29) is 0 Å². The zero-order valence-electron chi connectivity index (χ0n) is 12.0. The maximum atomic E-state index is 12.3. The summed E-state index contributed by atoms with van der Waals surface area (Å²) in [4.78, 5) is 14.5. The Kier molecular flexibility index (Phi) is 5.04. The van der Waals surface area contributed by atoms with E-state index in [4.69, 9.17) is 0 Å². The lowest BCUT2D eigenvalue weighted by molar-refractivity contribution is -0.133. The number of hydrogen-bond donors (Lipinski definition) is 1. The van der Waals surface area contributed by atoms with Crippen molar-refractivity contribution in [2.75, 3.05) is 13.1 Å². The normalized spacial score (nSPS) is 31.4. The molecule has 0 aromatic heterocycles. The van der Waals surface area contributed by atoms with Gasteiger partial charge in [-0.15, -0.1) is 0 Å². The van der Waals surface area contributed by atoms with Crippen LogP contribution in [0.15, 0.2) is 0 Å². The minimum absolute atomic E-state index is 0.327. The second-order valence-electron chi connectivity index (χ2n) is 6.03. The molecular formula is C15H28N2O. The molecule has 3 atom stereocenters. The SMILES string of the molecule is CCCCNCC(=O)N1C(C)C[C@@H]2CCCCC21. The Hall–Kier alpha value is -0.570. The Morgan fingerprint density at radius 3 is 2.89 bits per heavy atom. The van der Waals surface area contributed by atoms with Gasteiger partial charge < -0.3 is 10.2 Å². The predicted molar refractivity (Wildman–Crippen MR) is 74.4 cm³/mol. The number of nitrogens with one attached hydrogen (secondary N) is 1. The first kappa shape index (κ1) is 13.9. The fourth-order valence-electron chi connectivity index (χ4n) is 3.73. The van der Waals surface area contributed by atoms with Crippen LogP contribution in [0.3, 0.4) is 0 Å². The molecule has 3 heteroatoms. The van der Waals surface area contributed by atoms with Gasteiger partial charge in [0.15, 0.2) is 0 Å². The van der Waals surface area contributed by atoms with Crippen LogP contribution in [0.25, 0.3) is 0 Å². The number of likely N-dealkylation sites (tertiary alicyclic amines) is 1. The van der Waals surface area contributed by atoms with Crippen LogP contribution < -0.4 is 5.32 Å². The first-order valence-electron chi connectivity index (χ1n) is 7.76. The molecule has 0 radical (unpaired) electrons. The molecule has 2 aliphatic rings. The van der Waals surface area contributed by atoms with E-state index in [1.54, 1.807) is 0 Å². The lowest BCUT2D eigenvalue weighted by Crippen LogP contribution is -2.46. The highest BCUT2D eigenvalue weighted by Crippen LogP contribution is 2.39. The maximum absolute atomic E-state index is 12.3. The van der Waals surface area contributed by atoms with Crippen molar-refractivity contribution in [3.05, 3.63) is 0 Å². The summed E-state index contributed by atoms with van der Waals surface area (Å²) in [5.74, 6) is 1.11. The van der Waals surface area contributed by atoms with Gasteiger partial charge in [0.05, 0.1) is 6.54 Å². The number of hydrogen-bond acceptors (Lipinski definition) is 2. The lowest BCUT2D eigenvalue weighted by Gasteiger charge is -2.33. The zero-order chi connectivity index (χ0) is 13.0. The molecule has 0 bridgehead atoms. The van der Waals surface area contributed by atoms with E-state index in [1.807, 2.05) is 0 Å². The van der Waals surface area contributed by atoms with Gasteiger partial charge in [-0.2, -0.15) is 0 Å². The molecule has 2 fully saturated rings. The summed E-state index contributed by atoms with van der Waals surface area (Å²) in [5.41, 5.74) is 0. The summed E-state index contributed by atoms with van der Waals surface area (Å²) in [7, 11) is 0. The highest BCUT2D eigenvalue weighted by molar-refractivity contribution is 5.79. The van der Waals surface area contributed by atoms with Crippen LogP contribution in [0.1, 0.15) is 58.8 Å². The molecule has 1 N–H and O–H groups in total. The van der Waals surface area contributed by atoms with Gasteiger partial charge in [0.2, 0.25) is 5.91 Å². The molecule has 2 unspecified atom stereocenters. The van der Waals surface area contributed by atoms with Crippen molar-refractivity contribution in [2.45, 2.75) is 70.9 Å². The second-order valence-corrected chi connectivity index (χ2v) is 6.03. The molecule has 2 rings (SSSR count). The Morgan fingerprint density at radius 1 is 1.33 bits per heavy atom. The van der Waals surface area contributed by atoms with Gasteiger partial charge in [0.25, 0.3) is 0 Å². The minimum Gasteiger partial charge on any atom is -0.336 e. The summed E-state index contributed by atoms with van der Waals surface area (Å²) in [6.45, 7) is 5.91. The van der Waals surface area contributed by atoms with Crippen LogP contribution in [-0.2, 0) is 4.79 Å². The van der Waals surface area contributed by atoms with Gasteiger partial charge in [0.1, 0.15) is 0 Å². The number of fused-ring (bicyclic) bond motifs is 1. The van der Waals surface area contributed by atoms with Crippen molar-refractivity contribution >= 4 is 5.91 Å². The number of unbranched alkanes of at least 4 members (excludes halogenated alkanes) is 1. The van der Waals surface area contributed by atoms with Crippen molar-refractivity contribution in [1.82, 2.24) is 10.2 Å². The number of carbonyl (C=O) groups excluding carboxylic acids is 1. The average Bonchev–Trinajstić information content (AvgIpc) is 2.70. The third-order valence-corrected chi connectivity index (χ3v) is 4.62. The number of carbonyl (C=O) groups is 1. The van der Waals surface area contributed by atoms with Crippen LogP contribution >= 0.6 is 0 Å². The quantitative estimate of drug-likeness (QED) is 0.763. The fraction of sp³-hybridized carbons (Fsp3) is 0.933. The minimum atomic E-state index is 0.327. The van der Waals surface area contributed by atoms with Gasteiger partial charge in [0, 0.05) is 12.1 Å². The molecule has 18 heavy (non-hydrogen) atoms. The van der Waals surface area contributed by atoms with E-state index in [0.29, 0.717) is 24.5 Å². The van der Waals surface area contributed by atoms with Crippen LogP contribution in [-0.4, -0.2) is 36.0 Å². The third kappa shape index (κ3) is 3.05. The molecule has 0 aromatic rings. The summed E-state index contributed by atoms with van der Waals surface area (Å²) in [5, 5.41) is 3.29. The van der Waals surface area contributed by atoms with Crippen LogP contribution in [0.2, 0.25) is 0 Å². The monoisotopic (exact) mass is 252 g/mol. The van der Waals surface area contributed by atoms with Gasteiger partial charge in [-0.1, -0.05) is 26.2 Å². The zero-order valence-corrected chi connectivity index (χ0v) is 12.0. The van der Waals surface area contributed by atoms with Crippen molar-refractivity contribution < 1.29 is 4.79 Å². The molecule has 1 amide bonds. The Balaban J connectivity index is 1.84. The molecule has 1 heterocycles. The van der Waals surface area contributed by atoms with Crippen molar-refractivity contribution in [3.8, 4) is 0 Å². The van der Waals surface area contributed by atoms with E-state index in [9.17, 15) is 4.79 Å². The lowest BCUT2D eigenvalue weighted by atomic mass is 9.85. The molecule has 3 nitrogen and oxygen atoms in total. The molecule has 1 aliphatic heterocycles. The van der Waals surface area contributed by atoms with E-state index in [1.165, 1.54) is 38.5 Å². The molecule has 1 saturated carbocycles. The van der Waals surface area contributed by atoms with Crippen LogP contribution in [0.4, 0.5) is 0 Å². The van der Waals surface area contributed by atoms with Gasteiger partial charge in [-0.25, -0.2) is 0 Å². The van der Waals surface area contributed by atoms with E-state index < -0.39 is 0 Å². The molecule has 104 valence electrons. The molecular weight excluding hydrogens is 224 g/mol. The second kappa shape index (κ2) is 6.55. The van der Waals surface area contributed by atoms with E-state index in [0.717, 1.165) is 18.9 Å². The summed E-state index contributed by atoms with van der Waals surface area (Å²) < 4.78 is 0. The average molecular weight is 252 g/mol. The smallest absolute Gasteiger partial charge is 0.237 e. The predicted octanol–water partition coefficient (Wildman–Crippen LogP) is 2.56. The topological polar surface area (TPSA) is 32.3 Å². The van der Waals surface area contributed by atoms with Gasteiger partial charge >= 0.3 is 0 Å². The van der Waals surface area contributed by atoms with Crippen molar-refractivity contribution in [1.29, 1.82) is 0 Å². The number of rotatable bonds is 5. The Bertz CT molecular complexity index is 280. The first-order chi connectivity index (χ1) is 8.74. The molecule has 0 aromatic carbocycles. The number of amides is 1. The third-order valence-electron chi connectivity index (χ3n) is 4.62. The van der Waals surface area contributed by atoms with E-state index in [2.05, 4.69) is 24.1 Å². The van der Waals surface area contributed by atoms with Crippen LogP contribution in [0.5, 0.6) is 0 Å². The molecule has 1 saturated heterocycles. The summed E-state index contributed by atoms with van der Waals surface area (Å²) in [6, 6.07) is 1.01. The van der Waals surface area contributed by atoms with Crippen molar-refractivity contribution in [3.63, 3.8) is 0 Å². The van der Waals surface area contributed by atoms with Crippen molar-refractivity contribution in [2.24, 2.45) is 5.92 Å². The number of nitrogens with zero attached hydrogens (tertiary/aromatic N) is 1. The standard InChI is InChI=1S/C15H28N2O/c1-3-4-9-16-11-15(18)17-12(2)10-13-7-5-6-8-14(13)17/h12-14,16H,3-11H2,1-2H3/t12?,13-,14?/m0/s1. The van der Waals surface area contributed by atoms with Crippen LogP contribution in [0, 0.1) is 5.92 Å². The summed E-state index contributed by atoms with van der Waals surface area (Å²) in [6.07, 6.45) is 8.82. The first-order valence-corrected chi connectivity index (χ1v) is 7.76.